The van der Waals surface area contributed by atoms with E-state index < -0.39 is 5.97 Å². The van der Waals surface area contributed by atoms with Crippen molar-refractivity contribution in [1.82, 2.24) is 0 Å². The summed E-state index contributed by atoms with van der Waals surface area (Å²) in [6.45, 7) is 8.43. The maximum Gasteiger partial charge on any atom is 0.354 e. The topological polar surface area (TPSA) is 58.9 Å². The van der Waals surface area contributed by atoms with Gasteiger partial charge in [0.1, 0.15) is 5.70 Å². The highest BCUT2D eigenvalue weighted by Crippen LogP contribution is 2.00. The van der Waals surface area contributed by atoms with E-state index in [1.54, 1.807) is 6.92 Å². The number of hydrogen-bond donors (Lipinski definition) is 1. The number of hydrogen-bond acceptors (Lipinski definition) is 3. The lowest BCUT2D eigenvalue weighted by molar-refractivity contribution is -0.132. The fourth-order valence-corrected chi connectivity index (χ4v) is 0.486. The van der Waals surface area contributed by atoms with Gasteiger partial charge in [0.25, 0.3) is 0 Å². The van der Waals surface area contributed by atoms with Gasteiger partial charge in [0.15, 0.2) is 0 Å². The fraction of sp³-hybridized carbons (Fsp3) is 0.250. The van der Waals surface area contributed by atoms with Crippen molar-refractivity contribution in [2.75, 3.05) is 7.11 Å². The number of nitrogens with zero attached hydrogens (tertiary/aromatic N) is 1. The lowest BCUT2D eigenvalue weighted by Crippen LogP contribution is -2.05. The van der Waals surface area contributed by atoms with Crippen molar-refractivity contribution < 1.29 is 14.6 Å². The van der Waals surface area contributed by atoms with Crippen LogP contribution in [0.4, 0.5) is 0 Å². The number of carboxylic acid groups (broad SMARTS) is 1. The van der Waals surface area contributed by atoms with E-state index in [2.05, 4.69) is 18.2 Å². The average Bonchev–Trinajstić information content (AvgIpc) is 1.98. The van der Waals surface area contributed by atoms with Crippen molar-refractivity contribution in [1.29, 1.82) is 0 Å². The summed E-state index contributed by atoms with van der Waals surface area (Å²) in [5.74, 6) is -0.992. The smallest absolute Gasteiger partial charge is 0.354 e. The predicted molar refractivity (Wildman–Crippen MR) is 46.0 cm³/mol. The molecule has 0 heterocycles. The number of ether oxygens (including phenoxy) is 1. The highest BCUT2D eigenvalue weighted by Gasteiger charge is 2.05. The van der Waals surface area contributed by atoms with Crippen molar-refractivity contribution in [2.45, 2.75) is 6.92 Å². The molecule has 4 heteroatoms. The first-order valence-corrected chi connectivity index (χ1v) is 3.19. The van der Waals surface area contributed by atoms with Gasteiger partial charge in [-0.2, -0.15) is 0 Å². The Hall–Kier alpha value is -1.58. The van der Waals surface area contributed by atoms with E-state index in [1.165, 1.54) is 7.11 Å². The molecule has 0 aliphatic heterocycles. The summed E-state index contributed by atoms with van der Waals surface area (Å²) in [6.07, 6.45) is 0. The summed E-state index contributed by atoms with van der Waals surface area (Å²) in [6, 6.07) is 0. The summed E-state index contributed by atoms with van der Waals surface area (Å²) >= 11 is 0. The van der Waals surface area contributed by atoms with Gasteiger partial charge in [-0.1, -0.05) is 13.2 Å². The molecule has 0 aliphatic carbocycles. The second-order valence-corrected chi connectivity index (χ2v) is 2.15. The van der Waals surface area contributed by atoms with Crippen LogP contribution in [0, 0.1) is 0 Å². The molecule has 0 bridgehead atoms. The molecule has 0 saturated heterocycles. The van der Waals surface area contributed by atoms with Gasteiger partial charge < -0.3 is 9.84 Å². The van der Waals surface area contributed by atoms with Crippen LogP contribution in [0.2, 0.25) is 0 Å². The monoisotopic (exact) mass is 169 g/mol. The van der Waals surface area contributed by atoms with E-state index in [0.29, 0.717) is 5.57 Å². The van der Waals surface area contributed by atoms with Crippen LogP contribution in [0.25, 0.3) is 0 Å². The first kappa shape index (κ1) is 10.4. The lowest BCUT2D eigenvalue weighted by Gasteiger charge is -2.02. The molecule has 0 aromatic carbocycles. The normalized spacial score (nSPS) is 10.7. The van der Waals surface area contributed by atoms with Crippen LogP contribution in [0.5, 0.6) is 0 Å². The Kier molecular flexibility index (Phi) is 3.76. The maximum absolute atomic E-state index is 10.3. The summed E-state index contributed by atoms with van der Waals surface area (Å²) in [5, 5.41) is 8.42. The van der Waals surface area contributed by atoms with Crippen molar-refractivity contribution in [3.8, 4) is 0 Å². The summed E-state index contributed by atoms with van der Waals surface area (Å²) in [4.78, 5) is 13.9. The van der Waals surface area contributed by atoms with E-state index in [1.807, 2.05) is 0 Å². The highest BCUT2D eigenvalue weighted by molar-refractivity contribution is 5.97. The van der Waals surface area contributed by atoms with Gasteiger partial charge in [-0.3, -0.25) is 0 Å². The number of aliphatic carboxylic acids is 1. The molecule has 4 nitrogen and oxygen atoms in total. The van der Waals surface area contributed by atoms with Crippen molar-refractivity contribution >= 4 is 11.9 Å². The molecular weight excluding hydrogens is 158 g/mol. The van der Waals surface area contributed by atoms with Gasteiger partial charge in [0, 0.05) is 5.57 Å². The second kappa shape index (κ2) is 4.33. The SMILES string of the molecule is C=C(C)C(=NC(=C)C(=O)O)OC. The van der Waals surface area contributed by atoms with Gasteiger partial charge >= 0.3 is 5.97 Å². The number of carboxylic acids is 1. The molecule has 0 atom stereocenters. The third kappa shape index (κ3) is 3.01. The Labute approximate surface area is 70.9 Å². The highest BCUT2D eigenvalue weighted by atomic mass is 16.5. The van der Waals surface area contributed by atoms with E-state index in [0.717, 1.165) is 0 Å². The van der Waals surface area contributed by atoms with Gasteiger partial charge in [-0.25, -0.2) is 9.79 Å². The minimum atomic E-state index is -1.18. The maximum atomic E-state index is 10.3. The van der Waals surface area contributed by atoms with Crippen LogP contribution in [0.3, 0.4) is 0 Å². The van der Waals surface area contributed by atoms with Gasteiger partial charge in [0.2, 0.25) is 5.90 Å². The molecule has 0 aliphatic rings. The Morgan fingerprint density at radius 3 is 2.25 bits per heavy atom. The molecule has 0 unspecified atom stereocenters. The molecule has 0 aromatic heterocycles. The summed E-state index contributed by atoms with van der Waals surface area (Å²) in [5.41, 5.74) is 0.287. The van der Waals surface area contributed by atoms with Crippen LogP contribution >= 0.6 is 0 Å². The third-order valence-electron chi connectivity index (χ3n) is 1.04. The van der Waals surface area contributed by atoms with Crippen molar-refractivity contribution in [3.05, 3.63) is 24.4 Å². The molecule has 0 spiro atoms. The van der Waals surface area contributed by atoms with Crippen LogP contribution in [0.15, 0.2) is 29.4 Å². The van der Waals surface area contributed by atoms with E-state index >= 15 is 0 Å². The first-order chi connectivity index (χ1) is 5.49. The molecule has 66 valence electrons. The lowest BCUT2D eigenvalue weighted by atomic mass is 10.3. The fourth-order valence-electron chi connectivity index (χ4n) is 0.486. The average molecular weight is 169 g/mol. The number of methoxy groups -OCH3 is 1. The molecule has 0 aromatic rings. The Bertz CT molecular complexity index is 253. The zero-order chi connectivity index (χ0) is 9.72. The second-order valence-electron chi connectivity index (χ2n) is 2.15. The Morgan fingerprint density at radius 1 is 1.50 bits per heavy atom. The largest absolute Gasteiger partial charge is 0.481 e. The van der Waals surface area contributed by atoms with E-state index in [9.17, 15) is 4.79 Å². The van der Waals surface area contributed by atoms with Crippen LogP contribution in [0.1, 0.15) is 6.92 Å². The molecule has 1 N–H and O–H groups in total. The summed E-state index contributed by atoms with van der Waals surface area (Å²) < 4.78 is 4.76. The number of rotatable bonds is 3. The van der Waals surface area contributed by atoms with Gasteiger partial charge in [0.05, 0.1) is 7.11 Å². The first-order valence-electron chi connectivity index (χ1n) is 3.19. The molecule has 0 saturated carbocycles. The molecule has 0 rings (SSSR count). The van der Waals surface area contributed by atoms with Crippen LogP contribution in [-0.4, -0.2) is 24.1 Å². The van der Waals surface area contributed by atoms with Gasteiger partial charge in [-0.15, -0.1) is 0 Å². The standard InChI is InChI=1S/C8H11NO3/c1-5(2)7(12-4)9-6(3)8(10)11/h1,3H2,2,4H3,(H,10,11). The molecular formula is C8H11NO3. The van der Waals surface area contributed by atoms with E-state index in [4.69, 9.17) is 9.84 Å². The number of carbonyl (C=O) groups is 1. The Balaban J connectivity index is 4.61. The van der Waals surface area contributed by atoms with Crippen LogP contribution < -0.4 is 0 Å². The molecule has 0 radical (unpaired) electrons. The van der Waals surface area contributed by atoms with Crippen molar-refractivity contribution in [3.63, 3.8) is 0 Å². The molecule has 0 fully saturated rings. The minimum Gasteiger partial charge on any atom is -0.481 e. The third-order valence-corrected chi connectivity index (χ3v) is 1.04. The minimum absolute atomic E-state index is 0.183. The molecule has 0 amide bonds. The Morgan fingerprint density at radius 2 is 2.00 bits per heavy atom. The van der Waals surface area contributed by atoms with Crippen LogP contribution in [-0.2, 0) is 9.53 Å². The molecule has 12 heavy (non-hydrogen) atoms. The number of aliphatic imine (C=N–C) groups is 1. The van der Waals surface area contributed by atoms with E-state index in [-0.39, 0.29) is 11.6 Å². The zero-order valence-electron chi connectivity index (χ0n) is 7.13. The van der Waals surface area contributed by atoms with Gasteiger partial charge in [-0.05, 0) is 6.92 Å². The summed E-state index contributed by atoms with van der Waals surface area (Å²) in [7, 11) is 1.39. The quantitative estimate of drug-likeness (QED) is 0.392. The predicted octanol–water partition coefficient (Wildman–Crippen LogP) is 1.21. The van der Waals surface area contributed by atoms with Crippen molar-refractivity contribution in [2.24, 2.45) is 4.99 Å². The zero-order valence-corrected chi connectivity index (χ0v) is 7.13.